The number of ether oxygens (including phenoxy) is 1. The normalized spacial score (nSPS) is 28.3. The van der Waals surface area contributed by atoms with E-state index < -0.39 is 0 Å². The SMILES string of the molecule is CC=CCOCc1ccc([C@H]2CC[C@H]([C@H]3CC[C@H](CC=CCC)CC3)CC2)cc1. The summed E-state index contributed by atoms with van der Waals surface area (Å²) in [6, 6.07) is 9.25. The van der Waals surface area contributed by atoms with Crippen LogP contribution >= 0.6 is 0 Å². The van der Waals surface area contributed by atoms with Crippen LogP contribution in [-0.4, -0.2) is 6.61 Å². The average molecular weight is 395 g/mol. The highest BCUT2D eigenvalue weighted by Gasteiger charge is 2.30. The molecule has 0 aliphatic heterocycles. The van der Waals surface area contributed by atoms with Crippen LogP contribution in [0.1, 0.15) is 95.1 Å². The van der Waals surface area contributed by atoms with Crippen molar-refractivity contribution in [1.29, 1.82) is 0 Å². The zero-order valence-corrected chi connectivity index (χ0v) is 18.8. The Hall–Kier alpha value is -1.34. The Morgan fingerprint density at radius 3 is 2.10 bits per heavy atom. The van der Waals surface area contributed by atoms with Gasteiger partial charge in [-0.25, -0.2) is 0 Å². The Kier molecular flexibility index (Phi) is 9.54. The summed E-state index contributed by atoms with van der Waals surface area (Å²) in [5.41, 5.74) is 2.84. The Bertz CT molecular complexity index is 610. The molecule has 1 nitrogen and oxygen atoms in total. The van der Waals surface area contributed by atoms with Crippen molar-refractivity contribution in [3.05, 3.63) is 59.7 Å². The first kappa shape index (κ1) is 22.3. The molecule has 0 heterocycles. The molecule has 0 amide bonds. The van der Waals surface area contributed by atoms with Gasteiger partial charge in [0.2, 0.25) is 0 Å². The molecule has 0 aromatic heterocycles. The van der Waals surface area contributed by atoms with E-state index in [2.05, 4.69) is 49.4 Å². The van der Waals surface area contributed by atoms with Gasteiger partial charge in [0.05, 0.1) is 13.2 Å². The van der Waals surface area contributed by atoms with Crippen LogP contribution in [0.2, 0.25) is 0 Å². The molecular weight excluding hydrogens is 352 g/mol. The van der Waals surface area contributed by atoms with E-state index in [1.54, 1.807) is 5.56 Å². The molecular formula is C28H42O. The summed E-state index contributed by atoms with van der Waals surface area (Å²) in [5, 5.41) is 0. The van der Waals surface area contributed by atoms with Gasteiger partial charge in [0.1, 0.15) is 0 Å². The number of allylic oxidation sites excluding steroid dienone is 3. The topological polar surface area (TPSA) is 9.23 Å². The predicted octanol–water partition coefficient (Wildman–Crippen LogP) is 8.22. The summed E-state index contributed by atoms with van der Waals surface area (Å²) in [7, 11) is 0. The molecule has 1 aromatic rings. The Morgan fingerprint density at radius 1 is 0.828 bits per heavy atom. The van der Waals surface area contributed by atoms with E-state index in [0.29, 0.717) is 13.2 Å². The number of hydrogen-bond acceptors (Lipinski definition) is 1. The Labute approximate surface area is 179 Å². The molecule has 0 unspecified atom stereocenters. The van der Waals surface area contributed by atoms with Gasteiger partial charge < -0.3 is 4.74 Å². The lowest BCUT2D eigenvalue weighted by Crippen LogP contribution is -2.25. The first-order chi connectivity index (χ1) is 14.3. The second kappa shape index (κ2) is 12.4. The number of benzene rings is 1. The van der Waals surface area contributed by atoms with E-state index in [4.69, 9.17) is 4.74 Å². The van der Waals surface area contributed by atoms with E-state index in [1.165, 1.54) is 69.8 Å². The fourth-order valence-corrected chi connectivity index (χ4v) is 5.50. The third-order valence-electron chi connectivity index (χ3n) is 7.37. The van der Waals surface area contributed by atoms with Crippen LogP contribution in [0.25, 0.3) is 0 Å². The van der Waals surface area contributed by atoms with Crippen molar-refractivity contribution >= 4 is 0 Å². The lowest BCUT2D eigenvalue weighted by molar-refractivity contribution is 0.148. The van der Waals surface area contributed by atoms with Crippen LogP contribution in [0.4, 0.5) is 0 Å². The quantitative estimate of drug-likeness (QED) is 0.303. The summed E-state index contributed by atoms with van der Waals surface area (Å²) >= 11 is 0. The minimum absolute atomic E-state index is 0.708. The fraction of sp³-hybridized carbons (Fsp3) is 0.643. The minimum Gasteiger partial charge on any atom is -0.373 e. The molecule has 0 atom stereocenters. The first-order valence-electron chi connectivity index (χ1n) is 12.2. The van der Waals surface area contributed by atoms with E-state index in [0.717, 1.165) is 23.7 Å². The fourth-order valence-electron chi connectivity index (χ4n) is 5.50. The van der Waals surface area contributed by atoms with Gasteiger partial charge in [-0.3, -0.25) is 0 Å². The van der Waals surface area contributed by atoms with Crippen LogP contribution in [0.3, 0.4) is 0 Å². The maximum absolute atomic E-state index is 5.67. The molecule has 29 heavy (non-hydrogen) atoms. The van der Waals surface area contributed by atoms with Crippen molar-refractivity contribution in [2.45, 2.75) is 90.6 Å². The maximum Gasteiger partial charge on any atom is 0.0721 e. The van der Waals surface area contributed by atoms with E-state index in [9.17, 15) is 0 Å². The van der Waals surface area contributed by atoms with Gasteiger partial charge in [-0.05, 0) is 106 Å². The predicted molar refractivity (Wildman–Crippen MR) is 125 cm³/mol. The van der Waals surface area contributed by atoms with E-state index in [1.807, 2.05) is 13.0 Å². The number of rotatable bonds is 9. The number of hydrogen-bond donors (Lipinski definition) is 0. The van der Waals surface area contributed by atoms with Crippen molar-refractivity contribution in [2.24, 2.45) is 17.8 Å². The monoisotopic (exact) mass is 394 g/mol. The second-order valence-corrected chi connectivity index (χ2v) is 9.33. The first-order valence-corrected chi connectivity index (χ1v) is 12.2. The molecule has 160 valence electrons. The summed E-state index contributed by atoms with van der Waals surface area (Å²) in [4.78, 5) is 0. The molecule has 0 saturated heterocycles. The molecule has 2 aliphatic rings. The van der Waals surface area contributed by atoms with Crippen molar-refractivity contribution < 1.29 is 4.74 Å². The molecule has 2 fully saturated rings. The van der Waals surface area contributed by atoms with Gasteiger partial charge in [0, 0.05) is 0 Å². The molecule has 1 aromatic carbocycles. The third kappa shape index (κ3) is 7.14. The molecule has 0 radical (unpaired) electrons. The Balaban J connectivity index is 1.38. The van der Waals surface area contributed by atoms with Crippen LogP contribution in [-0.2, 0) is 11.3 Å². The van der Waals surface area contributed by atoms with Crippen LogP contribution in [0.5, 0.6) is 0 Å². The summed E-state index contributed by atoms with van der Waals surface area (Å²) in [6.45, 7) is 5.69. The van der Waals surface area contributed by atoms with Gasteiger partial charge in [0.25, 0.3) is 0 Å². The smallest absolute Gasteiger partial charge is 0.0721 e. The van der Waals surface area contributed by atoms with Crippen molar-refractivity contribution in [3.8, 4) is 0 Å². The molecule has 2 aliphatic carbocycles. The molecule has 1 heteroatoms. The molecule has 2 saturated carbocycles. The largest absolute Gasteiger partial charge is 0.373 e. The molecule has 0 bridgehead atoms. The van der Waals surface area contributed by atoms with Gasteiger partial charge in [-0.15, -0.1) is 0 Å². The molecule has 0 N–H and O–H groups in total. The van der Waals surface area contributed by atoms with Crippen LogP contribution in [0, 0.1) is 17.8 Å². The maximum atomic E-state index is 5.67. The highest BCUT2D eigenvalue weighted by molar-refractivity contribution is 5.25. The lowest BCUT2D eigenvalue weighted by atomic mass is 9.68. The third-order valence-corrected chi connectivity index (χ3v) is 7.37. The lowest BCUT2D eigenvalue weighted by Gasteiger charge is -2.38. The molecule has 3 rings (SSSR count). The summed E-state index contributed by atoms with van der Waals surface area (Å²) < 4.78 is 5.67. The Morgan fingerprint density at radius 2 is 1.48 bits per heavy atom. The zero-order valence-electron chi connectivity index (χ0n) is 18.8. The van der Waals surface area contributed by atoms with Gasteiger partial charge >= 0.3 is 0 Å². The molecule has 0 spiro atoms. The van der Waals surface area contributed by atoms with E-state index >= 15 is 0 Å². The van der Waals surface area contributed by atoms with Gasteiger partial charge in [-0.1, -0.05) is 55.5 Å². The van der Waals surface area contributed by atoms with Gasteiger partial charge in [0.15, 0.2) is 0 Å². The zero-order chi connectivity index (χ0) is 20.3. The summed E-state index contributed by atoms with van der Waals surface area (Å²) in [5.74, 6) is 3.75. The highest BCUT2D eigenvalue weighted by atomic mass is 16.5. The minimum atomic E-state index is 0.708. The van der Waals surface area contributed by atoms with Gasteiger partial charge in [-0.2, -0.15) is 0 Å². The standard InChI is InChI=1S/C28H42O/c1-3-5-7-8-23-9-13-25(14-10-23)27-17-19-28(20-18-27)26-15-11-24(12-16-26)22-29-21-6-4-2/h4-7,11-12,15-16,23,25,27-28H,3,8-10,13-14,17-22H2,1-2H3/t23-,25-,27-,28-. The van der Waals surface area contributed by atoms with Crippen molar-refractivity contribution in [1.82, 2.24) is 0 Å². The second-order valence-electron chi connectivity index (χ2n) is 9.33. The van der Waals surface area contributed by atoms with Crippen molar-refractivity contribution in [2.75, 3.05) is 6.61 Å². The highest BCUT2D eigenvalue weighted by Crippen LogP contribution is 2.44. The van der Waals surface area contributed by atoms with Crippen molar-refractivity contribution in [3.63, 3.8) is 0 Å². The average Bonchev–Trinajstić information content (AvgIpc) is 2.78. The summed E-state index contributed by atoms with van der Waals surface area (Å²) in [6.07, 6.45) is 23.0. The van der Waals surface area contributed by atoms with Crippen LogP contribution in [0.15, 0.2) is 48.6 Å². The van der Waals surface area contributed by atoms with Crippen LogP contribution < -0.4 is 0 Å². The van der Waals surface area contributed by atoms with E-state index in [-0.39, 0.29) is 0 Å².